The molecule has 0 aliphatic heterocycles. The minimum atomic E-state index is -0.647. The highest BCUT2D eigenvalue weighted by Gasteiger charge is 2.20. The zero-order chi connectivity index (χ0) is 16.0. The molecule has 1 aromatic rings. The van der Waals surface area contributed by atoms with Crippen LogP contribution in [-0.2, 0) is 11.3 Å². The average molecular weight is 297 g/mol. The predicted molar refractivity (Wildman–Crippen MR) is 77.1 cm³/mol. The molecule has 0 aliphatic rings. The summed E-state index contributed by atoms with van der Waals surface area (Å²) < 4.78 is 5.10. The molecule has 1 aromatic carbocycles. The summed E-state index contributed by atoms with van der Waals surface area (Å²) in [5.74, 6) is 0.294. The Bertz CT molecular complexity index is 519. The Morgan fingerprint density at radius 3 is 2.38 bits per heavy atom. The molecule has 8 nitrogen and oxygen atoms in total. The fourth-order valence-corrected chi connectivity index (χ4v) is 1.89. The molecule has 0 spiro atoms. The van der Waals surface area contributed by atoms with E-state index >= 15 is 0 Å². The Morgan fingerprint density at radius 2 is 1.90 bits per heavy atom. The van der Waals surface area contributed by atoms with Crippen LogP contribution in [0.2, 0.25) is 0 Å². The normalized spacial score (nSPS) is 12.4. The molecule has 0 fully saturated rings. The number of non-ortho nitro benzene ring substituents is 1. The van der Waals surface area contributed by atoms with Gasteiger partial charge in [-0.2, -0.15) is 0 Å². The number of ether oxygens (including phenoxy) is 1. The maximum atomic E-state index is 11.0. The summed E-state index contributed by atoms with van der Waals surface area (Å²) in [4.78, 5) is 20.5. The molecule has 1 unspecified atom stereocenters. The lowest BCUT2D eigenvalue weighted by atomic mass is 10.0. The average Bonchev–Trinajstić information content (AvgIpc) is 2.42. The van der Waals surface area contributed by atoms with E-state index in [1.807, 2.05) is 13.8 Å². The van der Waals surface area contributed by atoms with E-state index in [-0.39, 0.29) is 24.0 Å². The first-order valence-corrected chi connectivity index (χ1v) is 6.50. The van der Waals surface area contributed by atoms with Gasteiger partial charge in [0.1, 0.15) is 0 Å². The van der Waals surface area contributed by atoms with Crippen molar-refractivity contribution in [2.24, 2.45) is 5.92 Å². The van der Waals surface area contributed by atoms with Crippen molar-refractivity contribution in [1.29, 1.82) is 0 Å². The molecule has 1 N–H and O–H groups in total. The van der Waals surface area contributed by atoms with Crippen molar-refractivity contribution in [1.82, 2.24) is 5.32 Å². The second kappa shape index (κ2) is 7.65. The van der Waals surface area contributed by atoms with E-state index < -0.39 is 9.85 Å². The SMILES string of the molecule is COCC(NCc1ccc([N+](=O)[O-])cc1[N+](=O)[O-])C(C)C. The molecule has 0 bridgehead atoms. The number of nitrogens with one attached hydrogen (secondary N) is 1. The topological polar surface area (TPSA) is 108 Å². The Morgan fingerprint density at radius 1 is 1.24 bits per heavy atom. The summed E-state index contributed by atoms with van der Waals surface area (Å²) in [6.45, 7) is 4.76. The molecule has 0 aromatic heterocycles. The van der Waals surface area contributed by atoms with Gasteiger partial charge >= 0.3 is 0 Å². The molecular formula is C13H19N3O5. The van der Waals surface area contributed by atoms with Gasteiger partial charge in [0.15, 0.2) is 0 Å². The van der Waals surface area contributed by atoms with E-state index in [1.54, 1.807) is 7.11 Å². The largest absolute Gasteiger partial charge is 0.383 e. The zero-order valence-electron chi connectivity index (χ0n) is 12.2. The van der Waals surface area contributed by atoms with Gasteiger partial charge < -0.3 is 10.1 Å². The molecule has 0 amide bonds. The lowest BCUT2D eigenvalue weighted by molar-refractivity contribution is -0.394. The number of methoxy groups -OCH3 is 1. The molecule has 8 heteroatoms. The van der Waals surface area contributed by atoms with E-state index in [0.29, 0.717) is 18.1 Å². The van der Waals surface area contributed by atoms with Gasteiger partial charge in [0.05, 0.1) is 22.5 Å². The predicted octanol–water partition coefficient (Wildman–Crippen LogP) is 2.26. The smallest absolute Gasteiger partial charge is 0.280 e. The third kappa shape index (κ3) is 4.76. The van der Waals surface area contributed by atoms with Crippen molar-refractivity contribution < 1.29 is 14.6 Å². The molecule has 116 valence electrons. The summed E-state index contributed by atoms with van der Waals surface area (Å²) >= 11 is 0. The third-order valence-electron chi connectivity index (χ3n) is 3.18. The van der Waals surface area contributed by atoms with Crippen LogP contribution in [0.4, 0.5) is 11.4 Å². The Labute approximate surface area is 122 Å². The van der Waals surface area contributed by atoms with Crippen LogP contribution in [0.15, 0.2) is 18.2 Å². The quantitative estimate of drug-likeness (QED) is 0.582. The van der Waals surface area contributed by atoms with Crippen molar-refractivity contribution in [2.45, 2.75) is 26.4 Å². The molecule has 0 radical (unpaired) electrons. The van der Waals surface area contributed by atoms with Crippen LogP contribution in [0.25, 0.3) is 0 Å². The van der Waals surface area contributed by atoms with Gasteiger partial charge in [-0.3, -0.25) is 20.2 Å². The first kappa shape index (κ1) is 17.0. The van der Waals surface area contributed by atoms with E-state index in [2.05, 4.69) is 5.32 Å². The maximum absolute atomic E-state index is 11.0. The van der Waals surface area contributed by atoms with E-state index in [0.717, 1.165) is 6.07 Å². The van der Waals surface area contributed by atoms with Crippen molar-refractivity contribution in [3.63, 3.8) is 0 Å². The maximum Gasteiger partial charge on any atom is 0.280 e. The molecule has 0 saturated carbocycles. The fraction of sp³-hybridized carbons (Fsp3) is 0.538. The fourth-order valence-electron chi connectivity index (χ4n) is 1.89. The summed E-state index contributed by atoms with van der Waals surface area (Å²) in [6.07, 6.45) is 0. The number of rotatable bonds is 8. The highest BCUT2D eigenvalue weighted by Crippen LogP contribution is 2.24. The first-order chi connectivity index (χ1) is 9.86. The molecular weight excluding hydrogens is 278 g/mol. The van der Waals surface area contributed by atoms with Crippen molar-refractivity contribution in [3.8, 4) is 0 Å². The van der Waals surface area contributed by atoms with Crippen LogP contribution < -0.4 is 5.32 Å². The van der Waals surface area contributed by atoms with Crippen LogP contribution in [-0.4, -0.2) is 29.6 Å². The summed E-state index contributed by atoms with van der Waals surface area (Å²) in [7, 11) is 1.59. The van der Waals surface area contributed by atoms with Gasteiger partial charge in [-0.05, 0) is 12.0 Å². The van der Waals surface area contributed by atoms with Crippen LogP contribution in [0.1, 0.15) is 19.4 Å². The molecule has 1 rings (SSSR count). The minimum absolute atomic E-state index is 0.0461. The van der Waals surface area contributed by atoms with Gasteiger partial charge in [0, 0.05) is 31.3 Å². The number of nitrogens with zero attached hydrogens (tertiary/aromatic N) is 2. The second-order valence-electron chi connectivity index (χ2n) is 5.01. The molecule has 21 heavy (non-hydrogen) atoms. The van der Waals surface area contributed by atoms with E-state index in [9.17, 15) is 20.2 Å². The minimum Gasteiger partial charge on any atom is -0.383 e. The molecule has 1 atom stereocenters. The Balaban J connectivity index is 2.92. The highest BCUT2D eigenvalue weighted by molar-refractivity contribution is 5.49. The number of nitro benzene ring substituents is 2. The summed E-state index contributed by atoms with van der Waals surface area (Å²) in [6, 6.07) is 3.71. The monoisotopic (exact) mass is 297 g/mol. The van der Waals surface area contributed by atoms with Gasteiger partial charge in [-0.15, -0.1) is 0 Å². The van der Waals surface area contributed by atoms with Gasteiger partial charge in [-0.25, -0.2) is 0 Å². The third-order valence-corrected chi connectivity index (χ3v) is 3.18. The van der Waals surface area contributed by atoms with Crippen LogP contribution in [0, 0.1) is 26.1 Å². The van der Waals surface area contributed by atoms with Crippen molar-refractivity contribution in [3.05, 3.63) is 44.0 Å². The van der Waals surface area contributed by atoms with Crippen molar-refractivity contribution in [2.75, 3.05) is 13.7 Å². The number of hydrogen-bond acceptors (Lipinski definition) is 6. The van der Waals surface area contributed by atoms with Crippen LogP contribution in [0.3, 0.4) is 0 Å². The lowest BCUT2D eigenvalue weighted by Gasteiger charge is -2.21. The summed E-state index contributed by atoms with van der Waals surface area (Å²) in [5.41, 5.74) is -0.133. The summed E-state index contributed by atoms with van der Waals surface area (Å²) in [5, 5.41) is 24.9. The number of benzene rings is 1. The first-order valence-electron chi connectivity index (χ1n) is 6.50. The number of hydrogen-bond donors (Lipinski definition) is 1. The highest BCUT2D eigenvalue weighted by atomic mass is 16.6. The van der Waals surface area contributed by atoms with Crippen LogP contribution in [0.5, 0.6) is 0 Å². The second-order valence-corrected chi connectivity index (χ2v) is 5.01. The Kier molecular flexibility index (Phi) is 6.19. The van der Waals surface area contributed by atoms with Gasteiger partial charge in [0.25, 0.3) is 11.4 Å². The van der Waals surface area contributed by atoms with E-state index in [4.69, 9.17) is 4.74 Å². The Hall–Kier alpha value is -2.06. The van der Waals surface area contributed by atoms with Gasteiger partial charge in [0.2, 0.25) is 0 Å². The van der Waals surface area contributed by atoms with Crippen molar-refractivity contribution >= 4 is 11.4 Å². The molecule has 0 saturated heterocycles. The number of nitro groups is 2. The van der Waals surface area contributed by atoms with Crippen LogP contribution >= 0.6 is 0 Å². The molecule has 0 aliphatic carbocycles. The van der Waals surface area contributed by atoms with Gasteiger partial charge in [-0.1, -0.05) is 13.8 Å². The lowest BCUT2D eigenvalue weighted by Crippen LogP contribution is -2.37. The molecule has 0 heterocycles. The van der Waals surface area contributed by atoms with E-state index in [1.165, 1.54) is 12.1 Å². The standard InChI is InChI=1S/C13H19N3O5/c1-9(2)12(8-21-3)14-7-10-4-5-11(15(17)18)6-13(10)16(19)20/h4-6,9,12,14H,7-8H2,1-3H3. The zero-order valence-corrected chi connectivity index (χ0v) is 12.2.